The zero-order valence-corrected chi connectivity index (χ0v) is 9.70. The van der Waals surface area contributed by atoms with Crippen molar-refractivity contribution in [1.82, 2.24) is 9.97 Å². The number of hydrogen-bond donors (Lipinski definition) is 1. The van der Waals surface area contributed by atoms with E-state index in [9.17, 15) is 0 Å². The largest absolute Gasteiger partial charge is 0.373 e. The zero-order chi connectivity index (χ0) is 11.3. The number of nitrogens with one attached hydrogen (secondary N) is 1. The summed E-state index contributed by atoms with van der Waals surface area (Å²) in [6, 6.07) is 7.97. The van der Waals surface area contributed by atoms with Crippen LogP contribution < -0.4 is 5.32 Å². The van der Waals surface area contributed by atoms with Crippen molar-refractivity contribution in [2.45, 2.75) is 20.8 Å². The summed E-state index contributed by atoms with van der Waals surface area (Å²) in [7, 11) is 1.87. The van der Waals surface area contributed by atoms with Crippen LogP contribution in [0.4, 0.5) is 5.82 Å². The molecule has 0 aliphatic rings. The van der Waals surface area contributed by atoms with Crippen molar-refractivity contribution >= 4 is 16.7 Å². The molecule has 0 spiro atoms. The Bertz CT molecular complexity index is 438. The second-order valence-corrected chi connectivity index (χ2v) is 2.89. The lowest BCUT2D eigenvalue weighted by atomic mass is 10.2. The fraction of sp³-hybridized carbons (Fsp3) is 0.333. The molecule has 3 nitrogen and oxygen atoms in total. The van der Waals surface area contributed by atoms with Crippen molar-refractivity contribution in [2.24, 2.45) is 0 Å². The highest BCUT2D eigenvalue weighted by Gasteiger charge is 2.01. The number of anilines is 1. The Balaban J connectivity index is 0.000000531. The van der Waals surface area contributed by atoms with Gasteiger partial charge in [0.25, 0.3) is 0 Å². The van der Waals surface area contributed by atoms with Crippen LogP contribution in [0.1, 0.15) is 19.7 Å². The first kappa shape index (κ1) is 11.4. The third kappa shape index (κ3) is 2.43. The molecule has 3 heteroatoms. The topological polar surface area (TPSA) is 37.8 Å². The zero-order valence-electron chi connectivity index (χ0n) is 9.70. The molecular formula is C12H17N3. The van der Waals surface area contributed by atoms with E-state index in [-0.39, 0.29) is 0 Å². The van der Waals surface area contributed by atoms with E-state index in [2.05, 4.69) is 15.3 Å². The van der Waals surface area contributed by atoms with E-state index in [1.54, 1.807) is 0 Å². The van der Waals surface area contributed by atoms with Gasteiger partial charge in [-0.15, -0.1) is 0 Å². The standard InChI is InChI=1S/C10H11N3.C2H6/c1-7-12-9-6-4-3-5-8(9)10(11-2)13-7;1-2/h3-6H,1-2H3,(H,11,12,13);1-2H3. The first-order valence-electron chi connectivity index (χ1n) is 5.22. The SMILES string of the molecule is CC.CNc1nc(C)nc2ccccc12. The molecule has 2 aromatic rings. The first-order chi connectivity index (χ1) is 7.31. The summed E-state index contributed by atoms with van der Waals surface area (Å²) >= 11 is 0. The average Bonchev–Trinajstić information content (AvgIpc) is 2.30. The molecule has 1 aromatic carbocycles. The van der Waals surface area contributed by atoms with Crippen molar-refractivity contribution < 1.29 is 0 Å². The Morgan fingerprint density at radius 2 is 1.73 bits per heavy atom. The smallest absolute Gasteiger partial charge is 0.137 e. The first-order valence-corrected chi connectivity index (χ1v) is 5.22. The molecule has 0 saturated heterocycles. The van der Waals surface area contributed by atoms with Gasteiger partial charge in [-0.25, -0.2) is 9.97 Å². The molecule has 1 N–H and O–H groups in total. The molecule has 0 amide bonds. The number of hydrogen-bond acceptors (Lipinski definition) is 3. The van der Waals surface area contributed by atoms with Gasteiger partial charge >= 0.3 is 0 Å². The second-order valence-electron chi connectivity index (χ2n) is 2.89. The maximum atomic E-state index is 4.33. The molecule has 0 fully saturated rings. The second kappa shape index (κ2) is 5.29. The van der Waals surface area contributed by atoms with Gasteiger partial charge < -0.3 is 5.32 Å². The average molecular weight is 203 g/mol. The van der Waals surface area contributed by atoms with E-state index in [0.29, 0.717) is 0 Å². The van der Waals surface area contributed by atoms with Crippen LogP contribution in [0.2, 0.25) is 0 Å². The summed E-state index contributed by atoms with van der Waals surface area (Å²) < 4.78 is 0. The van der Waals surface area contributed by atoms with Gasteiger partial charge in [-0.3, -0.25) is 0 Å². The number of fused-ring (bicyclic) bond motifs is 1. The van der Waals surface area contributed by atoms with E-state index >= 15 is 0 Å². The normalized spacial score (nSPS) is 9.33. The monoisotopic (exact) mass is 203 g/mol. The lowest BCUT2D eigenvalue weighted by Gasteiger charge is -2.04. The summed E-state index contributed by atoms with van der Waals surface area (Å²) in [6.07, 6.45) is 0. The Hall–Kier alpha value is -1.64. The molecular weight excluding hydrogens is 186 g/mol. The predicted octanol–water partition coefficient (Wildman–Crippen LogP) is 3.01. The van der Waals surface area contributed by atoms with E-state index in [4.69, 9.17) is 0 Å². The lowest BCUT2D eigenvalue weighted by molar-refractivity contribution is 1.09. The minimum atomic E-state index is 0.794. The fourth-order valence-electron chi connectivity index (χ4n) is 1.38. The van der Waals surface area contributed by atoms with Crippen LogP contribution in [0.5, 0.6) is 0 Å². The molecule has 0 saturated carbocycles. The summed E-state index contributed by atoms with van der Waals surface area (Å²) in [5.74, 6) is 1.69. The van der Waals surface area contributed by atoms with Gasteiger partial charge in [0.05, 0.1) is 5.52 Å². The minimum absolute atomic E-state index is 0.794. The molecule has 0 aliphatic carbocycles. The number of benzene rings is 1. The maximum absolute atomic E-state index is 4.33. The summed E-state index contributed by atoms with van der Waals surface area (Å²) in [6.45, 7) is 5.90. The lowest BCUT2D eigenvalue weighted by Crippen LogP contribution is -1.97. The quantitative estimate of drug-likeness (QED) is 0.774. The Kier molecular flexibility index (Phi) is 4.03. The highest BCUT2D eigenvalue weighted by molar-refractivity contribution is 5.88. The molecule has 0 radical (unpaired) electrons. The van der Waals surface area contributed by atoms with Crippen LogP contribution in [-0.4, -0.2) is 17.0 Å². The van der Waals surface area contributed by atoms with Crippen LogP contribution in [0.15, 0.2) is 24.3 Å². The molecule has 80 valence electrons. The third-order valence-corrected chi connectivity index (χ3v) is 1.95. The van der Waals surface area contributed by atoms with E-state index in [0.717, 1.165) is 22.5 Å². The number of rotatable bonds is 1. The van der Waals surface area contributed by atoms with Crippen LogP contribution in [0.3, 0.4) is 0 Å². The van der Waals surface area contributed by atoms with Gasteiger partial charge in [0.15, 0.2) is 0 Å². The number of nitrogens with zero attached hydrogens (tertiary/aromatic N) is 2. The Labute approximate surface area is 90.6 Å². The molecule has 1 heterocycles. The van der Waals surface area contributed by atoms with Crippen LogP contribution in [-0.2, 0) is 0 Å². The Morgan fingerprint density at radius 3 is 2.40 bits per heavy atom. The number of aryl methyl sites for hydroxylation is 1. The van der Waals surface area contributed by atoms with Gasteiger partial charge in [0, 0.05) is 12.4 Å². The number of aromatic nitrogens is 2. The van der Waals surface area contributed by atoms with Crippen molar-refractivity contribution in [3.8, 4) is 0 Å². The van der Waals surface area contributed by atoms with Gasteiger partial charge in [0.2, 0.25) is 0 Å². The summed E-state index contributed by atoms with van der Waals surface area (Å²) in [5, 5.41) is 4.13. The fourth-order valence-corrected chi connectivity index (χ4v) is 1.38. The van der Waals surface area contributed by atoms with Crippen LogP contribution in [0.25, 0.3) is 10.9 Å². The van der Waals surface area contributed by atoms with Crippen molar-refractivity contribution in [3.63, 3.8) is 0 Å². The van der Waals surface area contributed by atoms with E-state index in [1.165, 1.54) is 0 Å². The predicted molar refractivity (Wildman–Crippen MR) is 65.2 cm³/mol. The summed E-state index contributed by atoms with van der Waals surface area (Å²) in [4.78, 5) is 8.63. The van der Waals surface area contributed by atoms with Crippen molar-refractivity contribution in [3.05, 3.63) is 30.1 Å². The Morgan fingerprint density at radius 1 is 1.07 bits per heavy atom. The number of para-hydroxylation sites is 1. The minimum Gasteiger partial charge on any atom is -0.373 e. The van der Waals surface area contributed by atoms with Crippen molar-refractivity contribution in [2.75, 3.05) is 12.4 Å². The molecule has 0 unspecified atom stereocenters. The van der Waals surface area contributed by atoms with E-state index < -0.39 is 0 Å². The molecule has 0 atom stereocenters. The van der Waals surface area contributed by atoms with Crippen LogP contribution >= 0.6 is 0 Å². The molecule has 15 heavy (non-hydrogen) atoms. The van der Waals surface area contributed by atoms with Crippen molar-refractivity contribution in [1.29, 1.82) is 0 Å². The molecule has 2 rings (SSSR count). The molecule has 0 aliphatic heterocycles. The van der Waals surface area contributed by atoms with Gasteiger partial charge in [-0.1, -0.05) is 26.0 Å². The van der Waals surface area contributed by atoms with E-state index in [1.807, 2.05) is 52.1 Å². The third-order valence-electron chi connectivity index (χ3n) is 1.95. The molecule has 0 bridgehead atoms. The maximum Gasteiger partial charge on any atom is 0.137 e. The highest BCUT2D eigenvalue weighted by Crippen LogP contribution is 2.18. The van der Waals surface area contributed by atoms with Gasteiger partial charge in [-0.2, -0.15) is 0 Å². The highest BCUT2D eigenvalue weighted by atomic mass is 15.0. The molecule has 1 aromatic heterocycles. The van der Waals surface area contributed by atoms with Crippen LogP contribution in [0, 0.1) is 6.92 Å². The summed E-state index contributed by atoms with van der Waals surface area (Å²) in [5.41, 5.74) is 0.986. The van der Waals surface area contributed by atoms with Gasteiger partial charge in [0.1, 0.15) is 11.6 Å². The van der Waals surface area contributed by atoms with Gasteiger partial charge in [-0.05, 0) is 19.1 Å².